The smallest absolute Gasteiger partial charge is 0.184 e. The Kier molecular flexibility index (Phi) is 4.29. The summed E-state index contributed by atoms with van der Waals surface area (Å²) < 4.78 is 9.45. The van der Waals surface area contributed by atoms with Gasteiger partial charge in [0.05, 0.1) is 6.61 Å². The fourth-order valence-electron chi connectivity index (χ4n) is 1.13. The molecule has 1 aliphatic rings. The van der Waals surface area contributed by atoms with Gasteiger partial charge in [-0.25, -0.2) is 0 Å². The average molecular weight is 306 g/mol. The fourth-order valence-corrected chi connectivity index (χ4v) is 1.49. The standard InChI is InChI=1S/C6H11IO6/c7-12-1-2-3(8)4(9)5(10)6(11)13-2/h2-6,8-11H,1H2/t2?,3-,4?,5?,6+/m1/s1. The van der Waals surface area contributed by atoms with E-state index in [4.69, 9.17) is 14.9 Å². The predicted octanol–water partition coefficient (Wildman–Crippen LogP) is -1.85. The summed E-state index contributed by atoms with van der Waals surface area (Å²) in [7, 11) is 0. The van der Waals surface area contributed by atoms with Gasteiger partial charge in [0, 0.05) is 0 Å². The van der Waals surface area contributed by atoms with Gasteiger partial charge in [-0.05, 0) is 0 Å². The first-order valence-electron chi connectivity index (χ1n) is 3.69. The molecular weight excluding hydrogens is 295 g/mol. The maximum atomic E-state index is 9.33. The van der Waals surface area contributed by atoms with Crippen LogP contribution in [0.3, 0.4) is 0 Å². The van der Waals surface area contributed by atoms with Crippen LogP contribution in [0.15, 0.2) is 0 Å². The molecule has 0 aromatic carbocycles. The van der Waals surface area contributed by atoms with E-state index in [1.165, 1.54) is 0 Å². The first kappa shape index (κ1) is 11.6. The molecule has 1 aliphatic heterocycles. The molecule has 0 radical (unpaired) electrons. The number of ether oxygens (including phenoxy) is 1. The van der Waals surface area contributed by atoms with Gasteiger partial charge in [-0.3, -0.25) is 0 Å². The Labute approximate surface area is 88.8 Å². The van der Waals surface area contributed by atoms with Crippen molar-refractivity contribution in [1.82, 2.24) is 0 Å². The minimum Gasteiger partial charge on any atom is -0.387 e. The van der Waals surface area contributed by atoms with Crippen molar-refractivity contribution in [3.05, 3.63) is 0 Å². The summed E-state index contributed by atoms with van der Waals surface area (Å²) in [5, 5.41) is 36.7. The first-order chi connectivity index (χ1) is 6.07. The topological polar surface area (TPSA) is 99.4 Å². The first-order valence-corrected chi connectivity index (χ1v) is 4.57. The molecule has 0 bridgehead atoms. The normalized spacial score (nSPS) is 46.4. The summed E-state index contributed by atoms with van der Waals surface area (Å²) in [5.74, 6) is 0. The van der Waals surface area contributed by atoms with E-state index in [0.717, 1.165) is 0 Å². The van der Waals surface area contributed by atoms with Crippen LogP contribution >= 0.6 is 23.0 Å². The average Bonchev–Trinajstić information content (AvgIpc) is 2.11. The predicted molar refractivity (Wildman–Crippen MR) is 48.9 cm³/mol. The fraction of sp³-hybridized carbons (Fsp3) is 1.00. The quantitative estimate of drug-likeness (QED) is 0.447. The molecule has 5 atom stereocenters. The van der Waals surface area contributed by atoms with E-state index >= 15 is 0 Å². The number of rotatable bonds is 2. The van der Waals surface area contributed by atoms with Crippen LogP contribution in [0.2, 0.25) is 0 Å². The van der Waals surface area contributed by atoms with Crippen LogP contribution in [0.1, 0.15) is 0 Å². The van der Waals surface area contributed by atoms with Gasteiger partial charge in [0.25, 0.3) is 0 Å². The molecule has 6 nitrogen and oxygen atoms in total. The van der Waals surface area contributed by atoms with Gasteiger partial charge in [0.15, 0.2) is 6.29 Å². The van der Waals surface area contributed by atoms with E-state index in [9.17, 15) is 10.2 Å². The largest absolute Gasteiger partial charge is 0.387 e. The number of halogens is 1. The second-order valence-corrected chi connectivity index (χ2v) is 3.44. The second kappa shape index (κ2) is 4.82. The minimum atomic E-state index is -1.49. The van der Waals surface area contributed by atoms with Crippen LogP contribution in [0.4, 0.5) is 0 Å². The highest BCUT2D eigenvalue weighted by atomic mass is 127. The van der Waals surface area contributed by atoms with Crippen molar-refractivity contribution < 1.29 is 28.2 Å². The Hall–Kier alpha value is 0.490. The molecule has 0 aromatic rings. The van der Waals surface area contributed by atoms with Gasteiger partial charge in [-0.2, -0.15) is 0 Å². The Morgan fingerprint density at radius 1 is 1.08 bits per heavy atom. The molecule has 0 aliphatic carbocycles. The third kappa shape index (κ3) is 2.49. The molecule has 0 saturated carbocycles. The van der Waals surface area contributed by atoms with Crippen LogP contribution in [-0.2, 0) is 7.80 Å². The lowest BCUT2D eigenvalue weighted by Crippen LogP contribution is -2.58. The summed E-state index contributed by atoms with van der Waals surface area (Å²) in [6, 6.07) is 0. The molecule has 13 heavy (non-hydrogen) atoms. The number of aliphatic hydroxyl groups is 4. The second-order valence-electron chi connectivity index (χ2n) is 2.81. The van der Waals surface area contributed by atoms with Crippen molar-refractivity contribution in [2.45, 2.75) is 30.7 Å². The van der Waals surface area contributed by atoms with Gasteiger partial charge in [0.1, 0.15) is 47.4 Å². The van der Waals surface area contributed by atoms with Crippen molar-refractivity contribution in [2.75, 3.05) is 6.61 Å². The zero-order valence-corrected chi connectivity index (χ0v) is 8.73. The van der Waals surface area contributed by atoms with Crippen LogP contribution in [-0.4, -0.2) is 57.7 Å². The Balaban J connectivity index is 2.59. The van der Waals surface area contributed by atoms with Gasteiger partial charge < -0.3 is 28.2 Å². The highest BCUT2D eigenvalue weighted by molar-refractivity contribution is 14.1. The third-order valence-corrected chi connectivity index (χ3v) is 2.27. The van der Waals surface area contributed by atoms with Crippen molar-refractivity contribution in [3.63, 3.8) is 0 Å². The van der Waals surface area contributed by atoms with Crippen molar-refractivity contribution >= 4 is 23.0 Å². The van der Waals surface area contributed by atoms with Crippen LogP contribution < -0.4 is 0 Å². The maximum Gasteiger partial charge on any atom is 0.184 e. The zero-order chi connectivity index (χ0) is 10.0. The highest BCUT2D eigenvalue weighted by Gasteiger charge is 2.42. The molecule has 7 heteroatoms. The lowest BCUT2D eigenvalue weighted by molar-refractivity contribution is -0.284. The molecular formula is C6H11IO6. The molecule has 0 aromatic heterocycles. The SMILES string of the molecule is OC1C(O)[C@@H](O)OC(COI)[C@H]1O. The Morgan fingerprint density at radius 3 is 2.23 bits per heavy atom. The number of hydrogen-bond acceptors (Lipinski definition) is 6. The summed E-state index contributed by atoms with van der Waals surface area (Å²) in [6.07, 6.45) is -6.48. The van der Waals surface area contributed by atoms with E-state index in [1.807, 2.05) is 0 Å². The molecule has 4 N–H and O–H groups in total. The molecule has 0 spiro atoms. The lowest BCUT2D eigenvalue weighted by atomic mass is 10.00. The van der Waals surface area contributed by atoms with Crippen molar-refractivity contribution in [2.24, 2.45) is 0 Å². The summed E-state index contributed by atoms with van der Waals surface area (Å²) in [4.78, 5) is 0. The van der Waals surface area contributed by atoms with E-state index < -0.39 is 30.7 Å². The Morgan fingerprint density at radius 2 is 1.69 bits per heavy atom. The highest BCUT2D eigenvalue weighted by Crippen LogP contribution is 2.20. The van der Waals surface area contributed by atoms with E-state index in [-0.39, 0.29) is 6.61 Å². The van der Waals surface area contributed by atoms with Gasteiger partial charge in [-0.1, -0.05) is 0 Å². The van der Waals surface area contributed by atoms with Crippen molar-refractivity contribution in [1.29, 1.82) is 0 Å². The molecule has 1 fully saturated rings. The van der Waals surface area contributed by atoms with E-state index in [0.29, 0.717) is 0 Å². The third-order valence-electron chi connectivity index (χ3n) is 1.91. The van der Waals surface area contributed by atoms with Crippen LogP contribution in [0.5, 0.6) is 0 Å². The summed E-state index contributed by atoms with van der Waals surface area (Å²) in [5.41, 5.74) is 0. The maximum absolute atomic E-state index is 9.33. The molecule has 1 rings (SSSR count). The van der Waals surface area contributed by atoms with E-state index in [1.54, 1.807) is 23.0 Å². The van der Waals surface area contributed by atoms with E-state index in [2.05, 4.69) is 3.07 Å². The van der Waals surface area contributed by atoms with Gasteiger partial charge >= 0.3 is 0 Å². The molecule has 1 saturated heterocycles. The lowest BCUT2D eigenvalue weighted by Gasteiger charge is -2.37. The number of hydrogen-bond donors (Lipinski definition) is 4. The summed E-state index contributed by atoms with van der Waals surface area (Å²) in [6.45, 7) is 0.0303. The molecule has 3 unspecified atom stereocenters. The monoisotopic (exact) mass is 306 g/mol. The minimum absolute atomic E-state index is 0.0303. The van der Waals surface area contributed by atoms with Gasteiger partial charge in [-0.15, -0.1) is 0 Å². The molecule has 0 amide bonds. The van der Waals surface area contributed by atoms with Crippen LogP contribution in [0, 0.1) is 0 Å². The number of aliphatic hydroxyl groups excluding tert-OH is 4. The Bertz CT molecular complexity index is 167. The van der Waals surface area contributed by atoms with Crippen LogP contribution in [0.25, 0.3) is 0 Å². The van der Waals surface area contributed by atoms with Gasteiger partial charge in [0.2, 0.25) is 0 Å². The zero-order valence-electron chi connectivity index (χ0n) is 6.58. The molecule has 1 heterocycles. The molecule has 78 valence electrons. The van der Waals surface area contributed by atoms with Crippen molar-refractivity contribution in [3.8, 4) is 0 Å². The summed E-state index contributed by atoms with van der Waals surface area (Å²) >= 11 is 1.60.